The summed E-state index contributed by atoms with van der Waals surface area (Å²) < 4.78 is 0. The monoisotopic (exact) mass is 260 g/mol. The van der Waals surface area contributed by atoms with Crippen LogP contribution in [0, 0.1) is 12.8 Å². The van der Waals surface area contributed by atoms with Crippen molar-refractivity contribution in [2.75, 3.05) is 0 Å². The molecular formula is C16H24N2O. The molecule has 104 valence electrons. The fraction of sp³-hybridized carbons (Fsp3) is 0.562. The molecule has 1 aliphatic carbocycles. The molecule has 0 heterocycles. The molecule has 0 aromatic heterocycles. The summed E-state index contributed by atoms with van der Waals surface area (Å²) in [7, 11) is 0. The molecule has 1 aliphatic rings. The maximum absolute atomic E-state index is 11.4. The Morgan fingerprint density at radius 1 is 1.32 bits per heavy atom. The summed E-state index contributed by atoms with van der Waals surface area (Å²) in [4.78, 5) is 11.4. The standard InChI is InChI=1S/C16H24N2O/c1-10(2)15(16(17)19)18-13-8-12(9-13)14-7-5-4-6-11(14)3/h4-7,10,12-13,15,18H,8-9H2,1-3H3,(H2,17,19). The number of nitrogens with two attached hydrogens (primary N) is 1. The van der Waals surface area contributed by atoms with Crippen LogP contribution in [0.3, 0.4) is 0 Å². The van der Waals surface area contributed by atoms with Crippen LogP contribution in [0.25, 0.3) is 0 Å². The highest BCUT2D eigenvalue weighted by Crippen LogP contribution is 2.38. The van der Waals surface area contributed by atoms with Gasteiger partial charge in [0.1, 0.15) is 0 Å². The van der Waals surface area contributed by atoms with Crippen molar-refractivity contribution in [2.45, 2.75) is 51.6 Å². The van der Waals surface area contributed by atoms with Gasteiger partial charge in [-0.1, -0.05) is 38.1 Å². The Balaban J connectivity index is 1.90. The van der Waals surface area contributed by atoms with Gasteiger partial charge in [-0.15, -0.1) is 0 Å². The van der Waals surface area contributed by atoms with E-state index >= 15 is 0 Å². The lowest BCUT2D eigenvalue weighted by Gasteiger charge is -2.39. The molecular weight excluding hydrogens is 236 g/mol. The number of carbonyl (C=O) groups is 1. The smallest absolute Gasteiger partial charge is 0.234 e. The third-order valence-corrected chi connectivity index (χ3v) is 4.15. The van der Waals surface area contributed by atoms with E-state index in [-0.39, 0.29) is 17.9 Å². The van der Waals surface area contributed by atoms with Crippen LogP contribution in [0.15, 0.2) is 24.3 Å². The molecule has 1 saturated carbocycles. The molecule has 1 amide bonds. The molecule has 3 heteroatoms. The van der Waals surface area contributed by atoms with E-state index < -0.39 is 0 Å². The summed E-state index contributed by atoms with van der Waals surface area (Å²) in [5.74, 6) is 0.628. The molecule has 3 nitrogen and oxygen atoms in total. The highest BCUT2D eigenvalue weighted by Gasteiger charge is 2.34. The summed E-state index contributed by atoms with van der Waals surface area (Å²) in [5.41, 5.74) is 8.24. The van der Waals surface area contributed by atoms with Crippen LogP contribution in [-0.2, 0) is 4.79 Å². The second-order valence-electron chi connectivity index (χ2n) is 6.01. The van der Waals surface area contributed by atoms with Crippen LogP contribution in [0.2, 0.25) is 0 Å². The van der Waals surface area contributed by atoms with Crippen molar-refractivity contribution in [3.8, 4) is 0 Å². The second kappa shape index (κ2) is 5.74. The number of rotatable bonds is 5. The van der Waals surface area contributed by atoms with Gasteiger partial charge in [0.2, 0.25) is 5.91 Å². The van der Waals surface area contributed by atoms with E-state index in [0.717, 1.165) is 12.8 Å². The van der Waals surface area contributed by atoms with E-state index in [1.54, 1.807) is 0 Å². The fourth-order valence-corrected chi connectivity index (χ4v) is 2.91. The predicted octanol–water partition coefficient (Wildman–Crippen LogP) is 2.34. The highest BCUT2D eigenvalue weighted by molar-refractivity contribution is 5.80. The number of nitrogens with one attached hydrogen (secondary N) is 1. The van der Waals surface area contributed by atoms with Crippen molar-refractivity contribution in [3.05, 3.63) is 35.4 Å². The van der Waals surface area contributed by atoms with E-state index in [0.29, 0.717) is 12.0 Å². The Bertz CT molecular complexity index is 450. The van der Waals surface area contributed by atoms with Crippen molar-refractivity contribution in [3.63, 3.8) is 0 Å². The highest BCUT2D eigenvalue weighted by atomic mass is 16.1. The van der Waals surface area contributed by atoms with Gasteiger partial charge in [0, 0.05) is 6.04 Å². The summed E-state index contributed by atoms with van der Waals surface area (Å²) in [5, 5.41) is 3.40. The number of amides is 1. The summed E-state index contributed by atoms with van der Waals surface area (Å²) in [6.07, 6.45) is 2.20. The SMILES string of the molecule is Cc1ccccc1C1CC(NC(C(N)=O)C(C)C)C1. The Morgan fingerprint density at radius 3 is 2.47 bits per heavy atom. The first-order chi connectivity index (χ1) is 8.99. The lowest BCUT2D eigenvalue weighted by Crippen LogP contribution is -2.53. The average Bonchev–Trinajstić information content (AvgIpc) is 2.28. The van der Waals surface area contributed by atoms with Gasteiger partial charge in [-0.25, -0.2) is 0 Å². The number of carbonyl (C=O) groups excluding carboxylic acids is 1. The fourth-order valence-electron chi connectivity index (χ4n) is 2.91. The molecule has 0 radical (unpaired) electrons. The zero-order valence-electron chi connectivity index (χ0n) is 12.0. The molecule has 0 aliphatic heterocycles. The summed E-state index contributed by atoms with van der Waals surface area (Å²) in [6, 6.07) is 8.77. The molecule has 19 heavy (non-hydrogen) atoms. The van der Waals surface area contributed by atoms with Crippen molar-refractivity contribution < 1.29 is 4.79 Å². The molecule has 3 N–H and O–H groups in total. The Morgan fingerprint density at radius 2 is 1.95 bits per heavy atom. The molecule has 1 aromatic rings. The maximum Gasteiger partial charge on any atom is 0.234 e. The van der Waals surface area contributed by atoms with E-state index in [1.807, 2.05) is 13.8 Å². The molecule has 1 fully saturated rings. The summed E-state index contributed by atoms with van der Waals surface area (Å²) >= 11 is 0. The second-order valence-corrected chi connectivity index (χ2v) is 6.01. The lowest BCUT2D eigenvalue weighted by atomic mass is 9.74. The van der Waals surface area contributed by atoms with Crippen molar-refractivity contribution in [1.29, 1.82) is 0 Å². The number of benzene rings is 1. The van der Waals surface area contributed by atoms with Gasteiger partial charge in [-0.05, 0) is 42.7 Å². The van der Waals surface area contributed by atoms with Crippen LogP contribution >= 0.6 is 0 Å². The van der Waals surface area contributed by atoms with Gasteiger partial charge in [0.05, 0.1) is 6.04 Å². The summed E-state index contributed by atoms with van der Waals surface area (Å²) in [6.45, 7) is 6.22. The van der Waals surface area contributed by atoms with Crippen molar-refractivity contribution in [2.24, 2.45) is 11.7 Å². The largest absolute Gasteiger partial charge is 0.368 e. The van der Waals surface area contributed by atoms with Gasteiger partial charge < -0.3 is 11.1 Å². The average molecular weight is 260 g/mol. The van der Waals surface area contributed by atoms with E-state index in [2.05, 4.69) is 36.5 Å². The first-order valence-electron chi connectivity index (χ1n) is 7.10. The maximum atomic E-state index is 11.4. The van der Waals surface area contributed by atoms with Crippen LogP contribution in [-0.4, -0.2) is 18.0 Å². The number of primary amides is 1. The molecule has 0 bridgehead atoms. The van der Waals surface area contributed by atoms with E-state index in [4.69, 9.17) is 5.73 Å². The molecule has 2 rings (SSSR count). The predicted molar refractivity (Wildman–Crippen MR) is 77.9 cm³/mol. The third kappa shape index (κ3) is 3.16. The molecule has 1 aromatic carbocycles. The zero-order valence-corrected chi connectivity index (χ0v) is 12.0. The molecule has 0 spiro atoms. The van der Waals surface area contributed by atoms with Crippen LogP contribution < -0.4 is 11.1 Å². The minimum absolute atomic E-state index is 0.206. The number of aryl methyl sites for hydroxylation is 1. The topological polar surface area (TPSA) is 55.1 Å². The van der Waals surface area contributed by atoms with Crippen LogP contribution in [0.5, 0.6) is 0 Å². The zero-order chi connectivity index (χ0) is 14.0. The van der Waals surface area contributed by atoms with Gasteiger partial charge in [-0.2, -0.15) is 0 Å². The Kier molecular flexibility index (Phi) is 4.25. The molecule has 0 saturated heterocycles. The normalized spacial score (nSPS) is 24.0. The van der Waals surface area contributed by atoms with Gasteiger partial charge in [0.15, 0.2) is 0 Å². The lowest BCUT2D eigenvalue weighted by molar-refractivity contribution is -0.121. The Hall–Kier alpha value is -1.35. The first-order valence-corrected chi connectivity index (χ1v) is 7.10. The minimum atomic E-state index is -0.241. The van der Waals surface area contributed by atoms with Gasteiger partial charge in [0.25, 0.3) is 0 Å². The first kappa shape index (κ1) is 14.1. The number of hydrogen-bond donors (Lipinski definition) is 2. The van der Waals surface area contributed by atoms with Crippen molar-refractivity contribution in [1.82, 2.24) is 5.32 Å². The van der Waals surface area contributed by atoms with Crippen molar-refractivity contribution >= 4 is 5.91 Å². The van der Waals surface area contributed by atoms with E-state index in [9.17, 15) is 4.79 Å². The Labute approximate surface area is 115 Å². The quantitative estimate of drug-likeness (QED) is 0.853. The molecule has 1 atom stereocenters. The minimum Gasteiger partial charge on any atom is -0.368 e. The van der Waals surface area contributed by atoms with Crippen LogP contribution in [0.4, 0.5) is 0 Å². The van der Waals surface area contributed by atoms with E-state index in [1.165, 1.54) is 11.1 Å². The molecule has 1 unspecified atom stereocenters. The van der Waals surface area contributed by atoms with Gasteiger partial charge in [-0.3, -0.25) is 4.79 Å². The third-order valence-electron chi connectivity index (χ3n) is 4.15. The number of hydrogen-bond acceptors (Lipinski definition) is 2. The van der Waals surface area contributed by atoms with Crippen LogP contribution in [0.1, 0.15) is 43.7 Å². The van der Waals surface area contributed by atoms with Gasteiger partial charge >= 0.3 is 0 Å².